The number of Topliss-reactive ketones (excluding diaryl/α,β-unsaturated/α-hetero) is 1. The normalized spacial score (nSPS) is 10.4. The first-order valence-electron chi connectivity index (χ1n) is 4.25. The molecule has 0 aliphatic heterocycles. The van der Waals surface area contributed by atoms with E-state index in [4.69, 9.17) is 21.1 Å². The minimum Gasteiger partial charge on any atom is -0.495 e. The summed E-state index contributed by atoms with van der Waals surface area (Å²) in [5.41, 5.74) is -0.261. The Morgan fingerprint density at radius 3 is 2.38 bits per heavy atom. The maximum atomic E-state index is 12.3. The zero-order valence-corrected chi connectivity index (χ0v) is 9.35. The third-order valence-electron chi connectivity index (χ3n) is 1.95. The average molecular weight is 251 g/mol. The molecule has 0 aliphatic carbocycles. The van der Waals surface area contributed by atoms with Crippen LogP contribution in [-0.2, 0) is 0 Å². The molecule has 0 aliphatic rings. The van der Waals surface area contributed by atoms with E-state index in [1.54, 1.807) is 0 Å². The maximum Gasteiger partial charge on any atom is 0.300 e. The molecule has 0 fully saturated rings. The lowest BCUT2D eigenvalue weighted by atomic mass is 10.1. The third-order valence-corrected chi connectivity index (χ3v) is 2.31. The molecule has 1 aromatic rings. The first-order valence-corrected chi connectivity index (χ1v) is 4.63. The van der Waals surface area contributed by atoms with Gasteiger partial charge in [0.1, 0.15) is 10.8 Å². The molecule has 0 aromatic heterocycles. The van der Waals surface area contributed by atoms with E-state index in [0.717, 1.165) is 0 Å². The highest BCUT2D eigenvalue weighted by atomic mass is 35.5. The minimum absolute atomic E-state index is 0.00324. The largest absolute Gasteiger partial charge is 0.495 e. The number of methoxy groups -OCH3 is 2. The van der Waals surface area contributed by atoms with Crippen molar-refractivity contribution in [3.63, 3.8) is 0 Å². The standard InChI is InChI=1S/C10H9ClF2O3/c1-15-6-4-3-5(8(14)10(12)13)9(16-2)7(6)11/h3-4,10H,1-2H3. The number of carbonyl (C=O) groups is 1. The van der Waals surface area contributed by atoms with Gasteiger partial charge in [0.25, 0.3) is 0 Å². The van der Waals surface area contributed by atoms with Crippen molar-refractivity contribution in [1.82, 2.24) is 0 Å². The molecule has 1 aromatic carbocycles. The van der Waals surface area contributed by atoms with Gasteiger partial charge in [0, 0.05) is 0 Å². The zero-order valence-electron chi connectivity index (χ0n) is 8.59. The second-order valence-corrected chi connectivity index (χ2v) is 3.21. The van der Waals surface area contributed by atoms with Crippen molar-refractivity contribution < 1.29 is 23.0 Å². The number of hydrogen-bond acceptors (Lipinski definition) is 3. The van der Waals surface area contributed by atoms with E-state index >= 15 is 0 Å². The fourth-order valence-electron chi connectivity index (χ4n) is 1.21. The van der Waals surface area contributed by atoms with Crippen LogP contribution in [0.3, 0.4) is 0 Å². The van der Waals surface area contributed by atoms with E-state index < -0.39 is 12.2 Å². The second kappa shape index (κ2) is 5.12. The summed E-state index contributed by atoms with van der Waals surface area (Å²) >= 11 is 5.82. The number of halogens is 3. The van der Waals surface area contributed by atoms with Crippen LogP contribution in [-0.4, -0.2) is 26.4 Å². The quantitative estimate of drug-likeness (QED) is 0.771. The van der Waals surface area contributed by atoms with Crippen LogP contribution < -0.4 is 9.47 Å². The summed E-state index contributed by atoms with van der Waals surface area (Å²) in [6, 6.07) is 2.53. The van der Waals surface area contributed by atoms with Crippen molar-refractivity contribution in [2.24, 2.45) is 0 Å². The van der Waals surface area contributed by atoms with Gasteiger partial charge in [0.2, 0.25) is 5.78 Å². The second-order valence-electron chi connectivity index (χ2n) is 2.83. The molecule has 0 unspecified atom stereocenters. The highest BCUT2D eigenvalue weighted by molar-refractivity contribution is 6.34. The summed E-state index contributed by atoms with van der Waals surface area (Å²) in [6.45, 7) is 0. The van der Waals surface area contributed by atoms with Crippen molar-refractivity contribution in [3.8, 4) is 11.5 Å². The van der Waals surface area contributed by atoms with Crippen LogP contribution in [0.2, 0.25) is 5.02 Å². The molecule has 1 rings (SSSR count). The molecule has 0 amide bonds. The van der Waals surface area contributed by atoms with Gasteiger partial charge in [-0.3, -0.25) is 4.79 Å². The average Bonchev–Trinajstić information content (AvgIpc) is 2.27. The van der Waals surface area contributed by atoms with Crippen LogP contribution in [0.4, 0.5) is 8.78 Å². The van der Waals surface area contributed by atoms with Gasteiger partial charge in [-0.15, -0.1) is 0 Å². The molecule has 0 saturated heterocycles. The molecule has 0 spiro atoms. The molecule has 0 atom stereocenters. The minimum atomic E-state index is -3.10. The summed E-state index contributed by atoms with van der Waals surface area (Å²) in [5.74, 6) is -1.18. The molecule has 0 heterocycles. The molecule has 0 radical (unpaired) electrons. The van der Waals surface area contributed by atoms with E-state index in [1.165, 1.54) is 26.4 Å². The lowest BCUT2D eigenvalue weighted by Crippen LogP contribution is -2.12. The van der Waals surface area contributed by atoms with E-state index in [1.807, 2.05) is 0 Å². The molecule has 88 valence electrons. The summed E-state index contributed by atoms with van der Waals surface area (Å²) in [7, 11) is 2.61. The smallest absolute Gasteiger partial charge is 0.300 e. The third kappa shape index (κ3) is 2.24. The lowest BCUT2D eigenvalue weighted by molar-refractivity contribution is 0.0675. The Labute approximate surface area is 95.9 Å². The van der Waals surface area contributed by atoms with Gasteiger partial charge in [0.15, 0.2) is 5.75 Å². The Balaban J connectivity index is 3.31. The Morgan fingerprint density at radius 1 is 1.31 bits per heavy atom. The summed E-state index contributed by atoms with van der Waals surface area (Å²) in [6.07, 6.45) is -3.10. The van der Waals surface area contributed by atoms with Crippen molar-refractivity contribution >= 4 is 17.4 Å². The number of benzene rings is 1. The monoisotopic (exact) mass is 250 g/mol. The van der Waals surface area contributed by atoms with E-state index in [2.05, 4.69) is 0 Å². The van der Waals surface area contributed by atoms with Gasteiger partial charge in [-0.2, -0.15) is 0 Å². The molecule has 0 bridgehead atoms. The Hall–Kier alpha value is -1.36. The van der Waals surface area contributed by atoms with Gasteiger partial charge < -0.3 is 9.47 Å². The highest BCUT2D eigenvalue weighted by Gasteiger charge is 2.24. The van der Waals surface area contributed by atoms with Gasteiger partial charge in [-0.25, -0.2) is 8.78 Å². The van der Waals surface area contributed by atoms with Crippen molar-refractivity contribution in [3.05, 3.63) is 22.7 Å². The molecule has 0 saturated carbocycles. The van der Waals surface area contributed by atoms with E-state index in [0.29, 0.717) is 0 Å². The predicted molar refractivity (Wildman–Crippen MR) is 54.9 cm³/mol. The fourth-order valence-corrected chi connectivity index (χ4v) is 1.53. The fraction of sp³-hybridized carbons (Fsp3) is 0.300. The number of alkyl halides is 2. The number of carbonyl (C=O) groups excluding carboxylic acids is 1. The van der Waals surface area contributed by atoms with Gasteiger partial charge in [-0.05, 0) is 12.1 Å². The Kier molecular flexibility index (Phi) is 4.06. The van der Waals surface area contributed by atoms with Gasteiger partial charge >= 0.3 is 6.43 Å². The molecule has 3 nitrogen and oxygen atoms in total. The first-order chi connectivity index (χ1) is 7.52. The van der Waals surface area contributed by atoms with Crippen LogP contribution in [0.25, 0.3) is 0 Å². The molecular formula is C10H9ClF2O3. The van der Waals surface area contributed by atoms with Crippen LogP contribution in [0.15, 0.2) is 12.1 Å². The number of ketones is 1. The predicted octanol–water partition coefficient (Wildman–Crippen LogP) is 2.81. The van der Waals surface area contributed by atoms with Crippen molar-refractivity contribution in [1.29, 1.82) is 0 Å². The zero-order chi connectivity index (χ0) is 12.3. The van der Waals surface area contributed by atoms with Crippen LogP contribution in [0, 0.1) is 0 Å². The van der Waals surface area contributed by atoms with E-state index in [-0.39, 0.29) is 22.1 Å². The first kappa shape index (κ1) is 12.7. The van der Waals surface area contributed by atoms with Crippen molar-refractivity contribution in [2.75, 3.05) is 14.2 Å². The molecule has 16 heavy (non-hydrogen) atoms. The van der Waals surface area contributed by atoms with Crippen molar-refractivity contribution in [2.45, 2.75) is 6.43 Å². The SMILES string of the molecule is COc1ccc(C(=O)C(F)F)c(OC)c1Cl. The highest BCUT2D eigenvalue weighted by Crippen LogP contribution is 2.37. The molecule has 0 N–H and O–H groups in total. The number of ether oxygens (including phenoxy) is 2. The number of rotatable bonds is 4. The van der Waals surface area contributed by atoms with Crippen LogP contribution in [0.1, 0.15) is 10.4 Å². The Morgan fingerprint density at radius 2 is 1.94 bits per heavy atom. The van der Waals surface area contributed by atoms with Crippen LogP contribution in [0.5, 0.6) is 11.5 Å². The number of hydrogen-bond donors (Lipinski definition) is 0. The summed E-state index contributed by atoms with van der Waals surface area (Å²) in [5, 5.41) is -0.00324. The maximum absolute atomic E-state index is 12.3. The van der Waals surface area contributed by atoms with Crippen LogP contribution >= 0.6 is 11.6 Å². The van der Waals surface area contributed by atoms with Gasteiger partial charge in [0.05, 0.1) is 19.8 Å². The summed E-state index contributed by atoms with van der Waals surface area (Å²) < 4.78 is 34.2. The lowest BCUT2D eigenvalue weighted by Gasteiger charge is -2.11. The van der Waals surface area contributed by atoms with Gasteiger partial charge in [-0.1, -0.05) is 11.6 Å². The topological polar surface area (TPSA) is 35.5 Å². The summed E-state index contributed by atoms with van der Waals surface area (Å²) in [4.78, 5) is 11.1. The molecule has 6 heteroatoms. The van der Waals surface area contributed by atoms with E-state index in [9.17, 15) is 13.6 Å². The Bertz CT molecular complexity index is 407. The molecular weight excluding hydrogens is 242 g/mol.